The van der Waals surface area contributed by atoms with E-state index in [-0.39, 0.29) is 17.2 Å². The molecule has 5 nitrogen and oxygen atoms in total. The van der Waals surface area contributed by atoms with Crippen LogP contribution in [0.4, 0.5) is 0 Å². The average Bonchev–Trinajstić information content (AvgIpc) is 2.16. The molecule has 0 aliphatic heterocycles. The third kappa shape index (κ3) is 2.12. The van der Waals surface area contributed by atoms with E-state index in [9.17, 15) is 9.59 Å². The fraction of sp³-hybridized carbons (Fsp3) is 0.300. The van der Waals surface area contributed by atoms with Gasteiger partial charge in [0.1, 0.15) is 5.69 Å². The second-order valence-corrected chi connectivity index (χ2v) is 3.51. The Hall–Kier alpha value is -1.91. The van der Waals surface area contributed by atoms with Crippen LogP contribution < -0.4 is 11.5 Å². The highest BCUT2D eigenvalue weighted by Gasteiger charge is 2.19. The number of carbonyl (C=O) groups is 2. The zero-order valence-electron chi connectivity index (χ0n) is 8.65. The predicted octanol–water partition coefficient (Wildman–Crippen LogP) is 0.403. The first-order valence-corrected chi connectivity index (χ1v) is 4.53. The monoisotopic (exact) mass is 207 g/mol. The summed E-state index contributed by atoms with van der Waals surface area (Å²) in [6.45, 7) is 3.79. The molecular weight excluding hydrogens is 194 g/mol. The Morgan fingerprint density at radius 1 is 1.27 bits per heavy atom. The lowest BCUT2D eigenvalue weighted by molar-refractivity contribution is 0.0962. The van der Waals surface area contributed by atoms with Crippen molar-refractivity contribution in [1.82, 2.24) is 4.98 Å². The Morgan fingerprint density at radius 2 is 1.87 bits per heavy atom. The molecule has 0 atom stereocenters. The summed E-state index contributed by atoms with van der Waals surface area (Å²) < 4.78 is 0. The number of primary amides is 2. The molecule has 1 heterocycles. The van der Waals surface area contributed by atoms with E-state index in [4.69, 9.17) is 11.5 Å². The second kappa shape index (κ2) is 4.08. The van der Waals surface area contributed by atoms with Crippen LogP contribution in [0.3, 0.4) is 0 Å². The van der Waals surface area contributed by atoms with Crippen LogP contribution in [0, 0.1) is 0 Å². The van der Waals surface area contributed by atoms with Crippen LogP contribution in [-0.2, 0) is 0 Å². The lowest BCUT2D eigenvalue weighted by Gasteiger charge is -2.11. The van der Waals surface area contributed by atoms with E-state index in [1.807, 2.05) is 13.8 Å². The molecule has 15 heavy (non-hydrogen) atoms. The van der Waals surface area contributed by atoms with Gasteiger partial charge in [-0.05, 0) is 17.5 Å². The molecule has 0 bridgehead atoms. The molecule has 4 N–H and O–H groups in total. The van der Waals surface area contributed by atoms with E-state index >= 15 is 0 Å². The summed E-state index contributed by atoms with van der Waals surface area (Å²) in [5.74, 6) is -1.35. The van der Waals surface area contributed by atoms with Gasteiger partial charge in [0, 0.05) is 6.20 Å². The van der Waals surface area contributed by atoms with Crippen molar-refractivity contribution in [2.45, 2.75) is 19.8 Å². The quantitative estimate of drug-likeness (QED) is 0.750. The minimum atomic E-state index is -0.744. The summed E-state index contributed by atoms with van der Waals surface area (Å²) >= 11 is 0. The van der Waals surface area contributed by atoms with E-state index in [1.54, 1.807) is 6.07 Å². The van der Waals surface area contributed by atoms with Crippen molar-refractivity contribution in [3.8, 4) is 0 Å². The van der Waals surface area contributed by atoms with Gasteiger partial charge >= 0.3 is 0 Å². The zero-order valence-corrected chi connectivity index (χ0v) is 8.65. The number of hydrogen-bond acceptors (Lipinski definition) is 3. The van der Waals surface area contributed by atoms with Gasteiger partial charge in [-0.25, -0.2) is 0 Å². The van der Waals surface area contributed by atoms with E-state index in [0.717, 1.165) is 0 Å². The number of pyridine rings is 1. The van der Waals surface area contributed by atoms with Gasteiger partial charge < -0.3 is 11.5 Å². The van der Waals surface area contributed by atoms with Crippen molar-refractivity contribution in [1.29, 1.82) is 0 Å². The number of aromatic nitrogens is 1. The summed E-state index contributed by atoms with van der Waals surface area (Å²) in [6, 6.07) is 1.66. The Labute approximate surface area is 87.5 Å². The first-order chi connectivity index (χ1) is 6.95. The molecule has 0 aromatic carbocycles. The normalized spacial score (nSPS) is 10.3. The van der Waals surface area contributed by atoms with Gasteiger partial charge in [0.05, 0.1) is 5.56 Å². The van der Waals surface area contributed by atoms with Gasteiger partial charge in [-0.2, -0.15) is 0 Å². The highest BCUT2D eigenvalue weighted by atomic mass is 16.2. The minimum absolute atomic E-state index is 0.0614. The molecule has 0 aliphatic carbocycles. The van der Waals surface area contributed by atoms with Crippen LogP contribution in [0.5, 0.6) is 0 Å². The van der Waals surface area contributed by atoms with Crippen molar-refractivity contribution in [3.63, 3.8) is 0 Å². The molecule has 0 radical (unpaired) electrons. The van der Waals surface area contributed by atoms with Crippen LogP contribution in [-0.4, -0.2) is 16.8 Å². The van der Waals surface area contributed by atoms with Gasteiger partial charge in [-0.3, -0.25) is 14.6 Å². The first kappa shape index (κ1) is 11.2. The van der Waals surface area contributed by atoms with E-state index in [0.29, 0.717) is 5.56 Å². The van der Waals surface area contributed by atoms with Crippen LogP contribution >= 0.6 is 0 Å². The summed E-state index contributed by atoms with van der Waals surface area (Å²) in [5.41, 5.74) is 11.1. The molecule has 0 aliphatic rings. The number of hydrogen-bond donors (Lipinski definition) is 2. The fourth-order valence-electron chi connectivity index (χ4n) is 1.40. The molecule has 2 amide bonds. The zero-order chi connectivity index (χ0) is 11.6. The maximum Gasteiger partial charge on any atom is 0.268 e. The molecule has 0 fully saturated rings. The first-order valence-electron chi connectivity index (χ1n) is 4.53. The summed E-state index contributed by atoms with van der Waals surface area (Å²) in [5, 5.41) is 0. The van der Waals surface area contributed by atoms with E-state index in [2.05, 4.69) is 4.98 Å². The van der Waals surface area contributed by atoms with Gasteiger partial charge in [0.15, 0.2) is 0 Å². The summed E-state index contributed by atoms with van der Waals surface area (Å²) in [7, 11) is 0. The van der Waals surface area contributed by atoms with E-state index in [1.165, 1.54) is 6.20 Å². The largest absolute Gasteiger partial charge is 0.366 e. The molecule has 0 saturated heterocycles. The third-order valence-electron chi connectivity index (χ3n) is 2.09. The van der Waals surface area contributed by atoms with Crippen LogP contribution in [0.15, 0.2) is 12.3 Å². The maximum absolute atomic E-state index is 11.2. The Morgan fingerprint density at radius 3 is 2.27 bits per heavy atom. The number of amides is 2. The number of nitrogens with two attached hydrogens (primary N) is 2. The Balaban J connectivity index is 3.48. The van der Waals surface area contributed by atoms with Crippen molar-refractivity contribution in [3.05, 3.63) is 29.1 Å². The lowest BCUT2D eigenvalue weighted by atomic mass is 9.96. The highest BCUT2D eigenvalue weighted by molar-refractivity contribution is 6.05. The molecule has 1 rings (SSSR count). The Kier molecular flexibility index (Phi) is 3.04. The third-order valence-corrected chi connectivity index (χ3v) is 2.09. The number of carbonyl (C=O) groups excluding carboxylic acids is 2. The summed E-state index contributed by atoms with van der Waals surface area (Å²) in [4.78, 5) is 26.0. The van der Waals surface area contributed by atoms with Gasteiger partial charge in [-0.1, -0.05) is 13.8 Å². The molecule has 5 heteroatoms. The van der Waals surface area contributed by atoms with Crippen molar-refractivity contribution < 1.29 is 9.59 Å². The molecule has 0 unspecified atom stereocenters. The fourth-order valence-corrected chi connectivity index (χ4v) is 1.40. The molecule has 80 valence electrons. The Bertz CT molecular complexity index is 413. The second-order valence-electron chi connectivity index (χ2n) is 3.51. The highest BCUT2D eigenvalue weighted by Crippen LogP contribution is 2.20. The molecule has 0 saturated carbocycles. The standard InChI is InChI=1S/C10H13N3O2/c1-5(2)6-3-4-13-8(10(12)15)7(6)9(11)14/h3-5H,1-2H3,(H2,11,14)(H2,12,15). The van der Waals surface area contributed by atoms with Crippen molar-refractivity contribution >= 4 is 11.8 Å². The van der Waals surface area contributed by atoms with Crippen molar-refractivity contribution in [2.24, 2.45) is 11.5 Å². The van der Waals surface area contributed by atoms with E-state index < -0.39 is 11.8 Å². The topological polar surface area (TPSA) is 99.1 Å². The van der Waals surface area contributed by atoms with Crippen LogP contribution in [0.25, 0.3) is 0 Å². The molecule has 0 spiro atoms. The number of rotatable bonds is 3. The molecular formula is C10H13N3O2. The summed E-state index contributed by atoms with van der Waals surface area (Å²) in [6.07, 6.45) is 1.45. The van der Waals surface area contributed by atoms with Crippen molar-refractivity contribution in [2.75, 3.05) is 0 Å². The van der Waals surface area contributed by atoms with Crippen LogP contribution in [0.1, 0.15) is 46.2 Å². The maximum atomic E-state index is 11.2. The molecule has 1 aromatic rings. The van der Waals surface area contributed by atoms with Gasteiger partial charge in [0.25, 0.3) is 11.8 Å². The SMILES string of the molecule is CC(C)c1ccnc(C(N)=O)c1C(N)=O. The average molecular weight is 207 g/mol. The molecule has 1 aromatic heterocycles. The van der Waals surface area contributed by atoms with Gasteiger partial charge in [0.2, 0.25) is 0 Å². The smallest absolute Gasteiger partial charge is 0.268 e. The lowest BCUT2D eigenvalue weighted by Crippen LogP contribution is -2.24. The van der Waals surface area contributed by atoms with Gasteiger partial charge in [-0.15, -0.1) is 0 Å². The predicted molar refractivity (Wildman–Crippen MR) is 55.4 cm³/mol. The minimum Gasteiger partial charge on any atom is -0.366 e. The van der Waals surface area contributed by atoms with Crippen LogP contribution in [0.2, 0.25) is 0 Å². The number of nitrogens with zero attached hydrogens (tertiary/aromatic N) is 1.